The zero-order valence-electron chi connectivity index (χ0n) is 15.4. The summed E-state index contributed by atoms with van der Waals surface area (Å²) in [4.78, 5) is 33.1. The van der Waals surface area contributed by atoms with Crippen LogP contribution in [0.2, 0.25) is 0 Å². The van der Waals surface area contributed by atoms with Gasteiger partial charge < -0.3 is 9.80 Å². The lowest BCUT2D eigenvalue weighted by Gasteiger charge is -2.40. The van der Waals surface area contributed by atoms with E-state index in [1.165, 1.54) is 0 Å². The molecule has 0 aliphatic carbocycles. The summed E-state index contributed by atoms with van der Waals surface area (Å²) in [6, 6.07) is -0.272. The maximum absolute atomic E-state index is 12.6. The number of aromatic nitrogens is 3. The van der Waals surface area contributed by atoms with Crippen LogP contribution in [0.15, 0.2) is 0 Å². The highest BCUT2D eigenvalue weighted by atomic mass is 16.2. The summed E-state index contributed by atoms with van der Waals surface area (Å²) in [5, 5.41) is 7.08. The minimum absolute atomic E-state index is 0.105. The quantitative estimate of drug-likeness (QED) is 0.891. The van der Waals surface area contributed by atoms with Crippen LogP contribution in [-0.2, 0) is 9.59 Å². The largest absolute Gasteiger partial charge is 0.338 e. The van der Waals surface area contributed by atoms with Crippen molar-refractivity contribution in [3.63, 3.8) is 0 Å². The molecule has 1 saturated heterocycles. The number of rotatable bonds is 5. The number of H-pyrrole nitrogens is 1. The van der Waals surface area contributed by atoms with Gasteiger partial charge in [0.25, 0.3) is 0 Å². The number of aromatic amines is 1. The molecule has 0 radical (unpaired) electrons. The number of carbonyl (C=O) groups is 2. The van der Waals surface area contributed by atoms with E-state index in [9.17, 15) is 9.59 Å². The van der Waals surface area contributed by atoms with Crippen LogP contribution in [0.5, 0.6) is 0 Å². The van der Waals surface area contributed by atoms with Crippen molar-refractivity contribution in [3.8, 4) is 0 Å². The first-order valence-corrected chi connectivity index (χ1v) is 8.74. The monoisotopic (exact) mass is 335 g/mol. The van der Waals surface area contributed by atoms with Gasteiger partial charge >= 0.3 is 0 Å². The normalized spacial score (nSPS) is 18.5. The Morgan fingerprint density at radius 1 is 1.12 bits per heavy atom. The molecule has 2 heterocycles. The minimum atomic E-state index is -0.272. The average molecular weight is 335 g/mol. The fraction of sp³-hybridized carbons (Fsp3) is 0.765. The Kier molecular flexibility index (Phi) is 5.96. The van der Waals surface area contributed by atoms with E-state index in [0.29, 0.717) is 56.0 Å². The van der Waals surface area contributed by atoms with E-state index in [-0.39, 0.29) is 17.9 Å². The standard InChI is InChI=1S/C17H29N5O2/c1-11(2)8-15(23)21-6-7-22(16(24)9-12(3)4)14(10-21)17-18-13(5)19-20-17/h11-12,14H,6-10H2,1-5H3,(H,18,19,20)/t14-/m0/s1. The van der Waals surface area contributed by atoms with E-state index < -0.39 is 0 Å². The molecule has 0 spiro atoms. The SMILES string of the molecule is Cc1nc([C@@H]2CN(C(=O)CC(C)C)CCN2C(=O)CC(C)C)n[nH]1. The number of hydrogen-bond donors (Lipinski definition) is 1. The predicted octanol–water partition coefficient (Wildman–Crippen LogP) is 1.92. The van der Waals surface area contributed by atoms with Gasteiger partial charge in [-0.2, -0.15) is 5.10 Å². The zero-order chi connectivity index (χ0) is 17.9. The van der Waals surface area contributed by atoms with E-state index in [0.717, 1.165) is 0 Å². The Hall–Kier alpha value is -1.92. The van der Waals surface area contributed by atoms with Gasteiger partial charge in [-0.3, -0.25) is 14.7 Å². The summed E-state index contributed by atoms with van der Waals surface area (Å²) in [6.45, 7) is 11.6. The molecular formula is C17H29N5O2. The first-order chi connectivity index (χ1) is 11.3. The Balaban J connectivity index is 2.18. The molecule has 24 heavy (non-hydrogen) atoms. The molecule has 2 amide bonds. The fourth-order valence-electron chi connectivity index (χ4n) is 2.98. The van der Waals surface area contributed by atoms with E-state index >= 15 is 0 Å². The Labute approximate surface area is 143 Å². The maximum atomic E-state index is 12.6. The molecule has 1 aliphatic heterocycles. The molecule has 7 nitrogen and oxygen atoms in total. The van der Waals surface area contributed by atoms with Gasteiger partial charge in [0.05, 0.1) is 0 Å². The van der Waals surface area contributed by atoms with Gasteiger partial charge in [0.15, 0.2) is 5.82 Å². The van der Waals surface area contributed by atoms with Crippen molar-refractivity contribution in [3.05, 3.63) is 11.6 Å². The summed E-state index contributed by atoms with van der Waals surface area (Å²) >= 11 is 0. The third kappa shape index (κ3) is 4.55. The molecule has 1 N–H and O–H groups in total. The predicted molar refractivity (Wildman–Crippen MR) is 91.1 cm³/mol. The molecule has 1 aliphatic rings. The maximum Gasteiger partial charge on any atom is 0.223 e. The summed E-state index contributed by atoms with van der Waals surface area (Å²) in [5.74, 6) is 2.17. The third-order valence-corrected chi connectivity index (χ3v) is 4.13. The van der Waals surface area contributed by atoms with Gasteiger partial charge in [0, 0.05) is 32.5 Å². The molecule has 0 unspecified atom stereocenters. The highest BCUT2D eigenvalue weighted by Gasteiger charge is 2.35. The Morgan fingerprint density at radius 3 is 2.29 bits per heavy atom. The number of carbonyl (C=O) groups excluding carboxylic acids is 2. The van der Waals surface area contributed by atoms with E-state index in [4.69, 9.17) is 0 Å². The second kappa shape index (κ2) is 7.77. The average Bonchev–Trinajstić information content (AvgIpc) is 2.91. The number of amides is 2. The van der Waals surface area contributed by atoms with E-state index in [2.05, 4.69) is 15.2 Å². The van der Waals surface area contributed by atoms with Gasteiger partial charge in [-0.1, -0.05) is 27.7 Å². The molecule has 1 aromatic heterocycles. The first-order valence-electron chi connectivity index (χ1n) is 8.74. The topological polar surface area (TPSA) is 82.2 Å². The lowest BCUT2D eigenvalue weighted by atomic mass is 10.0. The highest BCUT2D eigenvalue weighted by Crippen LogP contribution is 2.25. The fourth-order valence-corrected chi connectivity index (χ4v) is 2.98. The van der Waals surface area contributed by atoms with Crippen LogP contribution in [0, 0.1) is 18.8 Å². The zero-order valence-corrected chi connectivity index (χ0v) is 15.4. The number of nitrogens with zero attached hydrogens (tertiary/aromatic N) is 4. The van der Waals surface area contributed by atoms with Crippen molar-refractivity contribution in [2.75, 3.05) is 19.6 Å². The van der Waals surface area contributed by atoms with Gasteiger partial charge in [-0.15, -0.1) is 0 Å². The molecule has 7 heteroatoms. The Morgan fingerprint density at radius 2 is 1.75 bits per heavy atom. The van der Waals surface area contributed by atoms with Crippen molar-refractivity contribution in [1.82, 2.24) is 25.0 Å². The third-order valence-electron chi connectivity index (χ3n) is 4.13. The summed E-state index contributed by atoms with van der Waals surface area (Å²) in [6.07, 6.45) is 1.03. The molecule has 1 aromatic rings. The smallest absolute Gasteiger partial charge is 0.223 e. The number of aryl methyl sites for hydroxylation is 1. The lowest BCUT2D eigenvalue weighted by Crippen LogP contribution is -2.53. The van der Waals surface area contributed by atoms with Crippen LogP contribution >= 0.6 is 0 Å². The number of piperazine rings is 1. The van der Waals surface area contributed by atoms with Crippen molar-refractivity contribution in [1.29, 1.82) is 0 Å². The molecule has 2 rings (SSSR count). The van der Waals surface area contributed by atoms with Crippen LogP contribution in [0.4, 0.5) is 0 Å². The van der Waals surface area contributed by atoms with Crippen LogP contribution < -0.4 is 0 Å². The molecular weight excluding hydrogens is 306 g/mol. The van der Waals surface area contributed by atoms with Gasteiger partial charge in [-0.25, -0.2) is 4.98 Å². The van der Waals surface area contributed by atoms with Gasteiger partial charge in [0.1, 0.15) is 11.9 Å². The van der Waals surface area contributed by atoms with Crippen LogP contribution in [0.1, 0.15) is 58.2 Å². The van der Waals surface area contributed by atoms with Crippen molar-refractivity contribution in [2.45, 2.75) is 53.5 Å². The Bertz CT molecular complexity index is 581. The van der Waals surface area contributed by atoms with Crippen molar-refractivity contribution < 1.29 is 9.59 Å². The molecule has 0 saturated carbocycles. The molecule has 134 valence electrons. The van der Waals surface area contributed by atoms with Gasteiger partial charge in [0.2, 0.25) is 11.8 Å². The summed E-state index contributed by atoms with van der Waals surface area (Å²) < 4.78 is 0. The van der Waals surface area contributed by atoms with Crippen LogP contribution in [0.25, 0.3) is 0 Å². The lowest BCUT2D eigenvalue weighted by molar-refractivity contribution is -0.144. The van der Waals surface area contributed by atoms with E-state index in [1.54, 1.807) is 0 Å². The summed E-state index contributed by atoms with van der Waals surface area (Å²) in [7, 11) is 0. The van der Waals surface area contributed by atoms with Gasteiger partial charge in [-0.05, 0) is 18.8 Å². The highest BCUT2D eigenvalue weighted by molar-refractivity contribution is 5.79. The number of hydrogen-bond acceptors (Lipinski definition) is 4. The molecule has 1 atom stereocenters. The van der Waals surface area contributed by atoms with Crippen LogP contribution in [-0.4, -0.2) is 56.4 Å². The second-order valence-electron chi connectivity index (χ2n) is 7.42. The molecule has 0 aromatic carbocycles. The molecule has 1 fully saturated rings. The first kappa shape index (κ1) is 18.4. The minimum Gasteiger partial charge on any atom is -0.338 e. The number of nitrogens with one attached hydrogen (secondary N) is 1. The van der Waals surface area contributed by atoms with E-state index in [1.807, 2.05) is 44.4 Å². The van der Waals surface area contributed by atoms with Crippen molar-refractivity contribution >= 4 is 11.8 Å². The second-order valence-corrected chi connectivity index (χ2v) is 7.42. The summed E-state index contributed by atoms with van der Waals surface area (Å²) in [5.41, 5.74) is 0. The van der Waals surface area contributed by atoms with Crippen molar-refractivity contribution in [2.24, 2.45) is 11.8 Å². The van der Waals surface area contributed by atoms with Crippen LogP contribution in [0.3, 0.4) is 0 Å². The molecule has 0 bridgehead atoms.